The second kappa shape index (κ2) is 30.8. The van der Waals surface area contributed by atoms with Gasteiger partial charge in [-0.25, -0.2) is 0 Å². The standard InChI is InChI=1S/C35H67NO4/c1-3-5-7-9-11-13-14-15-16-17-18-19-21-23-25-27-29-34(39)33(31-37)36-35(40)30-32(38)28-26-24-22-20-12-10-8-6-4-2/h10,12,27,29,32-34,37-39H,3-9,11,13-26,28,30-31H2,1-2H3,(H,36,40)/b12-10-,29-27+. The summed E-state index contributed by atoms with van der Waals surface area (Å²) in [5, 5.41) is 32.9. The molecular weight excluding hydrogens is 498 g/mol. The molecular formula is C35H67NO4. The molecule has 0 heterocycles. The summed E-state index contributed by atoms with van der Waals surface area (Å²) in [4.78, 5) is 12.3. The number of nitrogens with one attached hydrogen (secondary N) is 1. The Hall–Kier alpha value is -1.17. The third kappa shape index (κ3) is 27.0. The zero-order valence-electron chi connectivity index (χ0n) is 26.5. The maximum atomic E-state index is 12.3. The van der Waals surface area contributed by atoms with Crippen molar-refractivity contribution in [2.45, 2.75) is 186 Å². The van der Waals surface area contributed by atoms with Crippen LogP contribution in [0.3, 0.4) is 0 Å². The smallest absolute Gasteiger partial charge is 0.222 e. The highest BCUT2D eigenvalue weighted by Gasteiger charge is 2.20. The first-order chi connectivity index (χ1) is 19.5. The van der Waals surface area contributed by atoms with Gasteiger partial charge in [-0.3, -0.25) is 4.79 Å². The van der Waals surface area contributed by atoms with E-state index in [0.29, 0.717) is 6.42 Å². The summed E-state index contributed by atoms with van der Waals surface area (Å²) in [7, 11) is 0. The molecule has 0 spiro atoms. The Morgan fingerprint density at radius 3 is 1.60 bits per heavy atom. The number of rotatable bonds is 30. The van der Waals surface area contributed by atoms with Crippen LogP contribution in [0.15, 0.2) is 24.3 Å². The van der Waals surface area contributed by atoms with Crippen molar-refractivity contribution in [1.82, 2.24) is 5.32 Å². The summed E-state index contributed by atoms with van der Waals surface area (Å²) < 4.78 is 0. The predicted molar refractivity (Wildman–Crippen MR) is 171 cm³/mol. The average molecular weight is 566 g/mol. The number of allylic oxidation sites excluding steroid dienone is 3. The van der Waals surface area contributed by atoms with Crippen molar-refractivity contribution in [3.8, 4) is 0 Å². The first-order valence-corrected chi connectivity index (χ1v) is 17.1. The molecule has 0 rings (SSSR count). The van der Waals surface area contributed by atoms with Crippen molar-refractivity contribution in [2.75, 3.05) is 6.61 Å². The molecule has 1 amide bonds. The van der Waals surface area contributed by atoms with Gasteiger partial charge in [0.25, 0.3) is 0 Å². The van der Waals surface area contributed by atoms with E-state index in [2.05, 4.69) is 31.3 Å². The molecule has 0 saturated carbocycles. The normalized spacial score (nSPS) is 14.2. The summed E-state index contributed by atoms with van der Waals surface area (Å²) in [6.07, 6.45) is 34.5. The van der Waals surface area contributed by atoms with E-state index in [0.717, 1.165) is 44.9 Å². The first-order valence-electron chi connectivity index (χ1n) is 17.1. The molecule has 0 aliphatic carbocycles. The van der Waals surface area contributed by atoms with Gasteiger partial charge in [-0.2, -0.15) is 0 Å². The molecule has 0 saturated heterocycles. The number of hydrogen-bond donors (Lipinski definition) is 4. The highest BCUT2D eigenvalue weighted by Crippen LogP contribution is 2.14. The summed E-state index contributed by atoms with van der Waals surface area (Å²) >= 11 is 0. The zero-order valence-corrected chi connectivity index (χ0v) is 26.5. The number of unbranched alkanes of at least 4 members (excludes halogenated alkanes) is 19. The van der Waals surface area contributed by atoms with E-state index >= 15 is 0 Å². The lowest BCUT2D eigenvalue weighted by atomic mass is 10.0. The van der Waals surface area contributed by atoms with E-state index in [1.165, 1.54) is 96.3 Å². The Balaban J connectivity index is 3.77. The van der Waals surface area contributed by atoms with Crippen molar-refractivity contribution in [3.05, 3.63) is 24.3 Å². The lowest BCUT2D eigenvalue weighted by molar-refractivity contribution is -0.124. The van der Waals surface area contributed by atoms with E-state index < -0.39 is 18.2 Å². The van der Waals surface area contributed by atoms with Gasteiger partial charge in [-0.1, -0.05) is 147 Å². The first kappa shape index (κ1) is 38.8. The Morgan fingerprint density at radius 1 is 0.625 bits per heavy atom. The fourth-order valence-corrected chi connectivity index (χ4v) is 5.02. The highest BCUT2D eigenvalue weighted by molar-refractivity contribution is 5.76. The molecule has 5 heteroatoms. The van der Waals surface area contributed by atoms with Gasteiger partial charge in [0, 0.05) is 0 Å². The summed E-state index contributed by atoms with van der Waals surface area (Å²) in [5.41, 5.74) is 0. The van der Waals surface area contributed by atoms with Gasteiger partial charge in [0.15, 0.2) is 0 Å². The van der Waals surface area contributed by atoms with Gasteiger partial charge in [0.2, 0.25) is 5.91 Å². The Bertz CT molecular complexity index is 592. The second-order valence-electron chi connectivity index (χ2n) is 11.8. The van der Waals surface area contributed by atoms with Crippen LogP contribution in [-0.4, -0.2) is 46.1 Å². The van der Waals surface area contributed by atoms with Crippen molar-refractivity contribution in [2.24, 2.45) is 0 Å². The van der Waals surface area contributed by atoms with Gasteiger partial charge in [0.05, 0.1) is 31.3 Å². The number of carbonyl (C=O) groups excluding carboxylic acids is 1. The molecule has 0 aliphatic heterocycles. The maximum Gasteiger partial charge on any atom is 0.222 e. The van der Waals surface area contributed by atoms with E-state index in [1.54, 1.807) is 6.08 Å². The third-order valence-corrected chi connectivity index (χ3v) is 7.73. The molecule has 40 heavy (non-hydrogen) atoms. The van der Waals surface area contributed by atoms with Crippen molar-refractivity contribution in [3.63, 3.8) is 0 Å². The molecule has 0 fully saturated rings. The van der Waals surface area contributed by atoms with E-state index in [9.17, 15) is 20.1 Å². The maximum absolute atomic E-state index is 12.3. The number of aliphatic hydroxyl groups excluding tert-OH is 3. The average Bonchev–Trinajstić information content (AvgIpc) is 2.94. The monoisotopic (exact) mass is 566 g/mol. The van der Waals surface area contributed by atoms with Crippen molar-refractivity contribution in [1.29, 1.82) is 0 Å². The predicted octanol–water partition coefficient (Wildman–Crippen LogP) is 8.70. The SMILES string of the molecule is CCCC/C=C\CCCCCC(O)CC(=O)NC(CO)C(O)/C=C/CCCCCCCCCCCCCCCC. The van der Waals surface area contributed by atoms with Crippen LogP contribution in [0.5, 0.6) is 0 Å². The van der Waals surface area contributed by atoms with Gasteiger partial charge in [-0.15, -0.1) is 0 Å². The summed E-state index contributed by atoms with van der Waals surface area (Å²) in [6, 6.07) is -0.744. The fourth-order valence-electron chi connectivity index (χ4n) is 5.02. The second-order valence-corrected chi connectivity index (χ2v) is 11.8. The van der Waals surface area contributed by atoms with Crippen LogP contribution in [-0.2, 0) is 4.79 Å². The summed E-state index contributed by atoms with van der Waals surface area (Å²) in [5.74, 6) is -0.329. The van der Waals surface area contributed by atoms with Gasteiger partial charge >= 0.3 is 0 Å². The van der Waals surface area contributed by atoms with Crippen LogP contribution in [0.4, 0.5) is 0 Å². The van der Waals surface area contributed by atoms with Crippen LogP contribution in [0.1, 0.15) is 168 Å². The molecule has 0 radical (unpaired) electrons. The van der Waals surface area contributed by atoms with Crippen LogP contribution < -0.4 is 5.32 Å². The van der Waals surface area contributed by atoms with Gasteiger partial charge < -0.3 is 20.6 Å². The molecule has 236 valence electrons. The molecule has 0 aromatic carbocycles. The van der Waals surface area contributed by atoms with Gasteiger partial charge in [-0.05, 0) is 38.5 Å². The fraction of sp³-hybridized carbons (Fsp3) is 0.857. The van der Waals surface area contributed by atoms with E-state index in [1.807, 2.05) is 6.08 Å². The largest absolute Gasteiger partial charge is 0.394 e. The molecule has 3 atom stereocenters. The Labute approximate surface area is 248 Å². The number of hydrogen-bond acceptors (Lipinski definition) is 4. The van der Waals surface area contributed by atoms with Crippen molar-refractivity contribution < 1.29 is 20.1 Å². The molecule has 0 aliphatic rings. The van der Waals surface area contributed by atoms with Crippen LogP contribution >= 0.6 is 0 Å². The molecule has 0 aromatic rings. The minimum atomic E-state index is -0.928. The zero-order chi connectivity index (χ0) is 29.5. The highest BCUT2D eigenvalue weighted by atomic mass is 16.3. The molecule has 0 bridgehead atoms. The molecule has 5 nitrogen and oxygen atoms in total. The minimum Gasteiger partial charge on any atom is -0.394 e. The number of amides is 1. The molecule has 4 N–H and O–H groups in total. The quantitative estimate of drug-likeness (QED) is 0.0518. The topological polar surface area (TPSA) is 89.8 Å². The minimum absolute atomic E-state index is 0.00288. The Morgan fingerprint density at radius 2 is 1.07 bits per heavy atom. The lowest BCUT2D eigenvalue weighted by Crippen LogP contribution is -2.45. The van der Waals surface area contributed by atoms with Crippen LogP contribution in [0, 0.1) is 0 Å². The number of carbonyl (C=O) groups is 1. The lowest BCUT2D eigenvalue weighted by Gasteiger charge is -2.21. The summed E-state index contributed by atoms with van der Waals surface area (Å²) in [6.45, 7) is 4.13. The Kier molecular flexibility index (Phi) is 29.9. The third-order valence-electron chi connectivity index (χ3n) is 7.73. The number of aliphatic hydroxyl groups is 3. The van der Waals surface area contributed by atoms with E-state index in [-0.39, 0.29) is 18.9 Å². The van der Waals surface area contributed by atoms with Crippen LogP contribution in [0.25, 0.3) is 0 Å². The van der Waals surface area contributed by atoms with Gasteiger partial charge in [0.1, 0.15) is 0 Å². The molecule has 0 aromatic heterocycles. The van der Waals surface area contributed by atoms with Crippen molar-refractivity contribution >= 4 is 5.91 Å². The van der Waals surface area contributed by atoms with E-state index in [4.69, 9.17) is 0 Å². The van der Waals surface area contributed by atoms with Crippen LogP contribution in [0.2, 0.25) is 0 Å². The molecule has 3 unspecified atom stereocenters.